The first-order valence-corrected chi connectivity index (χ1v) is 9.63. The van der Waals surface area contributed by atoms with Crippen LogP contribution in [0.2, 0.25) is 3.17 Å². The fraction of sp³-hybridized carbons (Fsp3) is 0.263. The van der Waals surface area contributed by atoms with Crippen LogP contribution in [-0.4, -0.2) is 51.0 Å². The number of pyridine rings is 2. The molecule has 2 aromatic heterocycles. The van der Waals surface area contributed by atoms with Gasteiger partial charge in [-0.05, 0) is 0 Å². The van der Waals surface area contributed by atoms with Crippen molar-refractivity contribution in [1.82, 2.24) is 9.97 Å². The summed E-state index contributed by atoms with van der Waals surface area (Å²) in [4.78, 5) is 11.7. The van der Waals surface area contributed by atoms with Gasteiger partial charge in [0.2, 0.25) is 0 Å². The summed E-state index contributed by atoms with van der Waals surface area (Å²) < 4.78 is 14.6. The van der Waals surface area contributed by atoms with Gasteiger partial charge in [0.15, 0.2) is 0 Å². The van der Waals surface area contributed by atoms with Crippen LogP contribution in [0.25, 0.3) is 22.2 Å². The first-order chi connectivity index (χ1) is 11.7. The number of hydrogen-bond donors (Lipinski definition) is 0. The number of halogens is 1. The van der Waals surface area contributed by atoms with E-state index in [1.807, 2.05) is 12.1 Å². The summed E-state index contributed by atoms with van der Waals surface area (Å²) in [5.74, 6) is 0.726. The molecule has 4 rings (SSSR count). The van der Waals surface area contributed by atoms with Gasteiger partial charge in [-0.15, -0.1) is 0 Å². The molecule has 3 nitrogen and oxygen atoms in total. The summed E-state index contributed by atoms with van der Waals surface area (Å²) in [6, 6.07) is 12.7. The first kappa shape index (κ1) is 16.0. The molecule has 1 aliphatic heterocycles. The molecule has 24 heavy (non-hydrogen) atoms. The van der Waals surface area contributed by atoms with E-state index in [4.69, 9.17) is 4.98 Å². The van der Waals surface area contributed by atoms with Crippen molar-refractivity contribution in [2.45, 2.75) is 16.0 Å². The van der Waals surface area contributed by atoms with Crippen LogP contribution in [0.15, 0.2) is 48.7 Å². The quantitative estimate of drug-likeness (QED) is 0.666. The van der Waals surface area contributed by atoms with E-state index in [0.29, 0.717) is 0 Å². The maximum atomic E-state index is 13.7. The van der Waals surface area contributed by atoms with Gasteiger partial charge in [0, 0.05) is 0 Å². The van der Waals surface area contributed by atoms with Crippen molar-refractivity contribution in [3.63, 3.8) is 0 Å². The molecule has 0 unspecified atom stereocenters. The van der Waals surface area contributed by atoms with E-state index in [0.717, 1.165) is 44.2 Å². The van der Waals surface area contributed by atoms with Crippen LogP contribution in [-0.2, 0) is 0 Å². The van der Waals surface area contributed by atoms with Gasteiger partial charge in [-0.1, -0.05) is 0 Å². The number of anilines is 1. The van der Waals surface area contributed by atoms with Crippen LogP contribution in [0.3, 0.4) is 0 Å². The third-order valence-electron chi connectivity index (χ3n) is 4.78. The molecule has 0 radical (unpaired) electrons. The zero-order valence-corrected chi connectivity index (χ0v) is 15.7. The summed E-state index contributed by atoms with van der Waals surface area (Å²) >= 11 is 1.27. The Kier molecular flexibility index (Phi) is 4.53. The van der Waals surface area contributed by atoms with Gasteiger partial charge >= 0.3 is 159 Å². The van der Waals surface area contributed by atoms with Crippen LogP contribution in [0, 0.1) is 5.82 Å². The Labute approximate surface area is 158 Å². The Morgan fingerprint density at radius 1 is 1.08 bits per heavy atom. The van der Waals surface area contributed by atoms with Gasteiger partial charge in [-0.3, -0.25) is 0 Å². The van der Waals surface area contributed by atoms with E-state index in [1.165, 1.54) is 52.9 Å². The van der Waals surface area contributed by atoms with Crippen LogP contribution >= 0.6 is 0 Å². The number of rotatable bonds is 2. The molecule has 0 bridgehead atoms. The zero-order valence-electron chi connectivity index (χ0n) is 13.7. The predicted molar refractivity (Wildman–Crippen MR) is 95.9 cm³/mol. The van der Waals surface area contributed by atoms with Gasteiger partial charge in [0.1, 0.15) is 0 Å². The molecule has 1 aromatic carbocycles. The molecular weight excluding hydrogens is 312 g/mol. The van der Waals surface area contributed by atoms with Crippen molar-refractivity contribution in [3.05, 3.63) is 54.5 Å². The standard InChI is InChI=1S/C19H17FN3.Na/c20-16-8-4-6-14(12-16)19-18-15(7-5-9-21-18)13-17(22-19)23-10-2-1-3-11-23;/h1,4-9,12-13H,2-3,10-11H2;. The van der Waals surface area contributed by atoms with E-state index < -0.39 is 0 Å². The van der Waals surface area contributed by atoms with Crippen molar-refractivity contribution in [3.8, 4) is 11.3 Å². The van der Waals surface area contributed by atoms with Gasteiger partial charge < -0.3 is 0 Å². The molecule has 1 saturated heterocycles. The molecule has 5 heteroatoms. The zero-order chi connectivity index (χ0) is 16.5. The molecule has 0 saturated carbocycles. The summed E-state index contributed by atoms with van der Waals surface area (Å²) in [6.07, 6.45) is 4.25. The molecule has 1 fully saturated rings. The molecule has 116 valence electrons. The Bertz CT molecular complexity index is 875. The van der Waals surface area contributed by atoms with Crippen molar-refractivity contribution in [1.29, 1.82) is 0 Å². The number of benzene rings is 1. The second-order valence-electron chi connectivity index (χ2n) is 6.58. The van der Waals surface area contributed by atoms with Gasteiger partial charge in [-0.2, -0.15) is 0 Å². The fourth-order valence-electron chi connectivity index (χ4n) is 3.31. The second-order valence-corrected chi connectivity index (χ2v) is 8.22. The van der Waals surface area contributed by atoms with Gasteiger partial charge in [-0.25, -0.2) is 0 Å². The van der Waals surface area contributed by atoms with Gasteiger partial charge in [0.25, 0.3) is 0 Å². The Hall–Kier alpha value is -1.49. The number of hydrogen-bond acceptors (Lipinski definition) is 3. The fourth-order valence-corrected chi connectivity index (χ4v) is 3.82. The van der Waals surface area contributed by atoms with Crippen molar-refractivity contribution < 1.29 is 4.39 Å². The summed E-state index contributed by atoms with van der Waals surface area (Å²) in [7, 11) is 0. The molecular formula is C19H17FN3Na. The topological polar surface area (TPSA) is 29.0 Å². The SMILES string of the molecule is Fc1cccc(-c2nc(N3CC[CH]([Na])CC3)cc3cccnc23)c1. The number of fused-ring (bicyclic) bond motifs is 1. The average Bonchev–Trinajstić information content (AvgIpc) is 2.61. The second kappa shape index (κ2) is 6.79. The monoisotopic (exact) mass is 329 g/mol. The molecule has 0 atom stereocenters. The third kappa shape index (κ3) is 3.18. The molecule has 0 amide bonds. The minimum absolute atomic E-state index is 0.249. The van der Waals surface area contributed by atoms with E-state index in [9.17, 15) is 4.39 Å². The van der Waals surface area contributed by atoms with Gasteiger partial charge in [0.05, 0.1) is 0 Å². The molecule has 3 heterocycles. The third-order valence-corrected chi connectivity index (χ3v) is 5.93. The number of piperidine rings is 1. The molecule has 1 aliphatic rings. The van der Waals surface area contributed by atoms with Crippen molar-refractivity contribution in [2.24, 2.45) is 0 Å². The summed E-state index contributed by atoms with van der Waals surface area (Å²) in [5, 5.41) is 1.05. The van der Waals surface area contributed by atoms with E-state index in [2.05, 4.69) is 22.0 Å². The average molecular weight is 329 g/mol. The number of aromatic nitrogens is 2. The van der Waals surface area contributed by atoms with E-state index in [1.54, 1.807) is 12.3 Å². The van der Waals surface area contributed by atoms with Crippen molar-refractivity contribution in [2.75, 3.05) is 18.0 Å². The normalized spacial score (nSPS) is 15.9. The molecule has 3 aromatic rings. The first-order valence-electron chi connectivity index (χ1n) is 8.47. The Morgan fingerprint density at radius 3 is 2.71 bits per heavy atom. The molecule has 0 aliphatic carbocycles. The molecule has 0 N–H and O–H groups in total. The van der Waals surface area contributed by atoms with Crippen molar-refractivity contribution >= 4 is 44.7 Å². The predicted octanol–water partition coefficient (Wildman–Crippen LogP) is 3.99. The molecule has 0 spiro atoms. The Morgan fingerprint density at radius 2 is 1.92 bits per heavy atom. The van der Waals surface area contributed by atoms with E-state index in [-0.39, 0.29) is 5.82 Å². The van der Waals surface area contributed by atoms with Crippen LogP contribution < -0.4 is 4.90 Å². The number of nitrogens with zero attached hydrogens (tertiary/aromatic N) is 3. The summed E-state index contributed by atoms with van der Waals surface area (Å²) in [5.41, 5.74) is 2.36. The van der Waals surface area contributed by atoms with E-state index >= 15 is 0 Å². The van der Waals surface area contributed by atoms with Crippen LogP contribution in [0.1, 0.15) is 12.8 Å². The maximum absolute atomic E-state index is 13.7. The van der Waals surface area contributed by atoms with Crippen LogP contribution in [0.5, 0.6) is 0 Å². The minimum atomic E-state index is -0.249. The van der Waals surface area contributed by atoms with Crippen LogP contribution in [0.4, 0.5) is 10.2 Å². The summed E-state index contributed by atoms with van der Waals surface area (Å²) in [6.45, 7) is 2.10. The Balaban J connectivity index is 1.85.